The molecule has 3 N–H and O–H groups in total. The van der Waals surface area contributed by atoms with Crippen LogP contribution < -0.4 is 11.1 Å². The second-order valence-electron chi connectivity index (χ2n) is 2.84. The van der Waals surface area contributed by atoms with E-state index in [1.807, 2.05) is 0 Å². The van der Waals surface area contributed by atoms with Crippen LogP contribution in [0.3, 0.4) is 0 Å². The number of halogens is 1. The van der Waals surface area contributed by atoms with E-state index in [2.05, 4.69) is 31.2 Å². The van der Waals surface area contributed by atoms with Crippen molar-refractivity contribution in [1.29, 1.82) is 0 Å². The smallest absolute Gasteiger partial charge is 0.146 e. The summed E-state index contributed by atoms with van der Waals surface area (Å²) in [4.78, 5) is 7.92. The number of nitrogens with one attached hydrogen (secondary N) is 1. The second-order valence-corrected chi connectivity index (χ2v) is 3.63. The van der Waals surface area contributed by atoms with Crippen LogP contribution in [0.4, 0.5) is 11.6 Å². The van der Waals surface area contributed by atoms with Crippen LogP contribution in [0.15, 0.2) is 10.8 Å². The Morgan fingerprint density at radius 2 is 2.25 bits per heavy atom. The first-order chi connectivity index (χ1) is 5.77. The SMILES string of the molecule is Nc1ncnc(NC2CC2)c1Br. The third kappa shape index (κ3) is 1.50. The first-order valence-electron chi connectivity index (χ1n) is 3.80. The highest BCUT2D eigenvalue weighted by Crippen LogP contribution is 2.29. The summed E-state index contributed by atoms with van der Waals surface area (Å²) in [5.41, 5.74) is 5.58. The summed E-state index contributed by atoms with van der Waals surface area (Å²) < 4.78 is 0.761. The molecule has 2 rings (SSSR count). The summed E-state index contributed by atoms with van der Waals surface area (Å²) in [7, 11) is 0. The van der Waals surface area contributed by atoms with E-state index in [0.717, 1.165) is 10.3 Å². The molecule has 0 atom stereocenters. The highest BCUT2D eigenvalue weighted by atomic mass is 79.9. The third-order valence-corrected chi connectivity index (χ3v) is 2.52. The van der Waals surface area contributed by atoms with Crippen molar-refractivity contribution in [3.8, 4) is 0 Å². The van der Waals surface area contributed by atoms with Crippen molar-refractivity contribution in [2.75, 3.05) is 11.1 Å². The van der Waals surface area contributed by atoms with Gasteiger partial charge in [0, 0.05) is 6.04 Å². The molecule has 1 aromatic rings. The minimum atomic E-state index is 0.480. The number of hydrogen-bond donors (Lipinski definition) is 2. The highest BCUT2D eigenvalue weighted by molar-refractivity contribution is 9.10. The number of aromatic nitrogens is 2. The zero-order valence-corrected chi connectivity index (χ0v) is 8.00. The molecule has 1 saturated carbocycles. The molecule has 1 aliphatic rings. The van der Waals surface area contributed by atoms with E-state index >= 15 is 0 Å². The van der Waals surface area contributed by atoms with E-state index in [4.69, 9.17) is 5.73 Å². The lowest BCUT2D eigenvalue weighted by Crippen LogP contribution is -2.05. The van der Waals surface area contributed by atoms with Gasteiger partial charge in [-0.3, -0.25) is 0 Å². The van der Waals surface area contributed by atoms with Crippen LogP contribution in [0, 0.1) is 0 Å². The maximum absolute atomic E-state index is 5.58. The van der Waals surface area contributed by atoms with Gasteiger partial charge in [-0.25, -0.2) is 9.97 Å². The molecule has 5 heteroatoms. The molecule has 1 fully saturated rings. The second kappa shape index (κ2) is 2.90. The Balaban J connectivity index is 2.23. The van der Waals surface area contributed by atoms with Gasteiger partial charge in [0.15, 0.2) is 0 Å². The zero-order valence-electron chi connectivity index (χ0n) is 6.42. The average Bonchev–Trinajstić information content (AvgIpc) is 2.83. The molecule has 0 radical (unpaired) electrons. The fourth-order valence-electron chi connectivity index (χ4n) is 0.905. The van der Waals surface area contributed by atoms with Gasteiger partial charge in [-0.05, 0) is 28.8 Å². The van der Waals surface area contributed by atoms with E-state index in [1.54, 1.807) is 0 Å². The Morgan fingerprint density at radius 1 is 1.50 bits per heavy atom. The summed E-state index contributed by atoms with van der Waals surface area (Å²) in [5, 5.41) is 3.25. The molecule has 12 heavy (non-hydrogen) atoms. The van der Waals surface area contributed by atoms with Crippen LogP contribution in [-0.2, 0) is 0 Å². The fourth-order valence-corrected chi connectivity index (χ4v) is 1.22. The van der Waals surface area contributed by atoms with E-state index in [0.29, 0.717) is 11.9 Å². The Morgan fingerprint density at radius 3 is 2.92 bits per heavy atom. The van der Waals surface area contributed by atoms with Gasteiger partial charge in [-0.2, -0.15) is 0 Å². The zero-order chi connectivity index (χ0) is 8.55. The van der Waals surface area contributed by atoms with Gasteiger partial charge in [0.1, 0.15) is 22.4 Å². The van der Waals surface area contributed by atoms with Gasteiger partial charge in [-0.1, -0.05) is 0 Å². The summed E-state index contributed by atoms with van der Waals surface area (Å²) in [5.74, 6) is 1.28. The third-order valence-electron chi connectivity index (χ3n) is 1.73. The van der Waals surface area contributed by atoms with Crippen LogP contribution in [0.2, 0.25) is 0 Å². The first-order valence-corrected chi connectivity index (χ1v) is 4.59. The molecule has 0 aromatic carbocycles. The van der Waals surface area contributed by atoms with Gasteiger partial charge in [0.2, 0.25) is 0 Å². The molecule has 1 heterocycles. The van der Waals surface area contributed by atoms with Crippen molar-refractivity contribution in [2.24, 2.45) is 0 Å². The number of rotatable bonds is 2. The summed E-state index contributed by atoms with van der Waals surface area (Å²) >= 11 is 3.32. The molecule has 1 aliphatic carbocycles. The van der Waals surface area contributed by atoms with E-state index in [9.17, 15) is 0 Å². The molecular weight excluding hydrogens is 220 g/mol. The Hall–Kier alpha value is -0.840. The molecule has 1 aromatic heterocycles. The van der Waals surface area contributed by atoms with Gasteiger partial charge < -0.3 is 11.1 Å². The van der Waals surface area contributed by atoms with Crippen molar-refractivity contribution in [1.82, 2.24) is 9.97 Å². The predicted molar refractivity (Wildman–Crippen MR) is 50.8 cm³/mol. The van der Waals surface area contributed by atoms with Crippen LogP contribution >= 0.6 is 15.9 Å². The largest absolute Gasteiger partial charge is 0.383 e. The Kier molecular flexibility index (Phi) is 1.88. The molecule has 0 unspecified atom stereocenters. The lowest BCUT2D eigenvalue weighted by molar-refractivity contribution is 1.08. The lowest BCUT2D eigenvalue weighted by Gasteiger charge is -2.05. The lowest BCUT2D eigenvalue weighted by atomic mass is 10.5. The van der Waals surface area contributed by atoms with Gasteiger partial charge in [0.05, 0.1) is 0 Å². The van der Waals surface area contributed by atoms with Crippen molar-refractivity contribution < 1.29 is 0 Å². The molecule has 0 spiro atoms. The molecule has 0 aliphatic heterocycles. The van der Waals surface area contributed by atoms with Crippen LogP contribution in [-0.4, -0.2) is 16.0 Å². The van der Waals surface area contributed by atoms with E-state index < -0.39 is 0 Å². The highest BCUT2D eigenvalue weighted by Gasteiger charge is 2.22. The first kappa shape index (κ1) is 7.79. The van der Waals surface area contributed by atoms with Crippen molar-refractivity contribution in [3.63, 3.8) is 0 Å². The number of nitrogens with zero attached hydrogens (tertiary/aromatic N) is 2. The molecule has 0 bridgehead atoms. The summed E-state index contributed by atoms with van der Waals surface area (Å²) in [6, 6.07) is 0.579. The van der Waals surface area contributed by atoms with Gasteiger partial charge >= 0.3 is 0 Å². The average molecular weight is 229 g/mol. The van der Waals surface area contributed by atoms with Crippen LogP contribution in [0.25, 0.3) is 0 Å². The molecule has 4 nitrogen and oxygen atoms in total. The Labute approximate surface area is 78.7 Å². The number of nitrogen functional groups attached to an aromatic ring is 1. The van der Waals surface area contributed by atoms with E-state index in [-0.39, 0.29) is 0 Å². The number of nitrogens with two attached hydrogens (primary N) is 1. The monoisotopic (exact) mass is 228 g/mol. The minimum absolute atomic E-state index is 0.480. The van der Waals surface area contributed by atoms with Crippen molar-refractivity contribution in [2.45, 2.75) is 18.9 Å². The van der Waals surface area contributed by atoms with Crippen molar-refractivity contribution >= 4 is 27.6 Å². The molecule has 64 valence electrons. The molecule has 0 amide bonds. The quantitative estimate of drug-likeness (QED) is 0.804. The van der Waals surface area contributed by atoms with Crippen LogP contribution in [0.5, 0.6) is 0 Å². The fraction of sp³-hybridized carbons (Fsp3) is 0.429. The Bertz CT molecular complexity index is 297. The standard InChI is InChI=1S/C7H9BrN4/c8-5-6(9)10-3-11-7(5)12-4-1-2-4/h3-4H,1-2H2,(H3,9,10,11,12). The van der Waals surface area contributed by atoms with E-state index in [1.165, 1.54) is 19.2 Å². The topological polar surface area (TPSA) is 63.8 Å². The number of hydrogen-bond acceptors (Lipinski definition) is 4. The predicted octanol–water partition coefficient (Wildman–Crippen LogP) is 1.40. The van der Waals surface area contributed by atoms with Gasteiger partial charge in [-0.15, -0.1) is 0 Å². The molecule has 0 saturated heterocycles. The van der Waals surface area contributed by atoms with Crippen LogP contribution in [0.1, 0.15) is 12.8 Å². The van der Waals surface area contributed by atoms with Crippen molar-refractivity contribution in [3.05, 3.63) is 10.8 Å². The van der Waals surface area contributed by atoms with Gasteiger partial charge in [0.25, 0.3) is 0 Å². The maximum atomic E-state index is 5.58. The molecular formula is C7H9BrN4. The normalized spacial score (nSPS) is 16.1. The summed E-state index contributed by atoms with van der Waals surface area (Å²) in [6.07, 6.45) is 3.90. The maximum Gasteiger partial charge on any atom is 0.146 e. The minimum Gasteiger partial charge on any atom is -0.383 e. The number of anilines is 2. The summed E-state index contributed by atoms with van der Waals surface area (Å²) in [6.45, 7) is 0.